The summed E-state index contributed by atoms with van der Waals surface area (Å²) < 4.78 is 0.929. The molecule has 1 aromatic heterocycles. The Balaban J connectivity index is 1.64. The van der Waals surface area contributed by atoms with Crippen LogP contribution in [0.1, 0.15) is 10.4 Å². The first-order valence-electron chi connectivity index (χ1n) is 6.55. The predicted molar refractivity (Wildman–Crippen MR) is 89.0 cm³/mol. The molecular weight excluding hydrogens is 298 g/mol. The van der Waals surface area contributed by atoms with Crippen LogP contribution in [0, 0.1) is 0 Å². The molecule has 3 aromatic rings. The lowest BCUT2D eigenvalue weighted by Gasteiger charge is -1.98. The largest absolute Gasteiger partial charge is 0.293 e. The van der Waals surface area contributed by atoms with E-state index in [9.17, 15) is 4.79 Å². The fourth-order valence-corrected chi connectivity index (χ4v) is 3.63. The maximum absolute atomic E-state index is 12.1. The molecule has 0 fully saturated rings. The molecule has 0 bridgehead atoms. The summed E-state index contributed by atoms with van der Waals surface area (Å²) in [5, 5.41) is 2.03. The maximum atomic E-state index is 12.1. The van der Waals surface area contributed by atoms with Crippen LogP contribution in [0.3, 0.4) is 0 Å². The Morgan fingerprint density at radius 3 is 2.38 bits per heavy atom. The zero-order valence-corrected chi connectivity index (χ0v) is 12.9. The summed E-state index contributed by atoms with van der Waals surface area (Å²) in [6.45, 7) is 0. The third kappa shape index (κ3) is 3.60. The minimum Gasteiger partial charge on any atom is -0.293 e. The van der Waals surface area contributed by atoms with Crippen molar-refractivity contribution in [1.29, 1.82) is 0 Å². The van der Waals surface area contributed by atoms with Crippen LogP contribution in [0.15, 0.2) is 70.4 Å². The summed E-state index contributed by atoms with van der Waals surface area (Å²) >= 11 is 3.08. The van der Waals surface area contributed by atoms with Crippen molar-refractivity contribution in [2.24, 2.45) is 0 Å². The summed E-state index contributed by atoms with van der Waals surface area (Å²) in [5.41, 5.74) is 2.83. The predicted octanol–water partition coefficient (Wildman–Crippen LogP) is 4.79. The number of nitrogens with zero attached hydrogens (tertiary/aromatic N) is 1. The summed E-state index contributed by atoms with van der Waals surface area (Å²) in [6.07, 6.45) is 0. The van der Waals surface area contributed by atoms with E-state index in [1.807, 2.05) is 66.0 Å². The summed E-state index contributed by atoms with van der Waals surface area (Å²) in [6, 6.07) is 19.4. The zero-order valence-electron chi connectivity index (χ0n) is 11.2. The van der Waals surface area contributed by atoms with Crippen LogP contribution in [0.2, 0.25) is 0 Å². The van der Waals surface area contributed by atoms with E-state index >= 15 is 0 Å². The van der Waals surface area contributed by atoms with Gasteiger partial charge in [0.1, 0.15) is 0 Å². The highest BCUT2D eigenvalue weighted by Gasteiger charge is 2.09. The quantitative estimate of drug-likeness (QED) is 0.501. The van der Waals surface area contributed by atoms with Gasteiger partial charge in [-0.25, -0.2) is 4.98 Å². The van der Waals surface area contributed by atoms with Gasteiger partial charge >= 0.3 is 0 Å². The molecule has 21 heavy (non-hydrogen) atoms. The Morgan fingerprint density at radius 1 is 1.00 bits per heavy atom. The van der Waals surface area contributed by atoms with Gasteiger partial charge in [0, 0.05) is 16.5 Å². The van der Waals surface area contributed by atoms with Crippen molar-refractivity contribution in [2.75, 3.05) is 5.75 Å². The first kappa shape index (κ1) is 14.0. The number of Topliss-reactive ketones (excluding diaryl/α,β-unsaturated/α-hetero) is 1. The van der Waals surface area contributed by atoms with Crippen molar-refractivity contribution in [3.05, 3.63) is 71.6 Å². The van der Waals surface area contributed by atoms with Crippen LogP contribution < -0.4 is 0 Å². The molecule has 4 heteroatoms. The topological polar surface area (TPSA) is 30.0 Å². The van der Waals surface area contributed by atoms with Crippen molar-refractivity contribution in [3.8, 4) is 11.3 Å². The average Bonchev–Trinajstić information content (AvgIpc) is 3.03. The number of thiazole rings is 1. The molecule has 104 valence electrons. The van der Waals surface area contributed by atoms with Gasteiger partial charge in [-0.3, -0.25) is 4.79 Å². The lowest BCUT2D eigenvalue weighted by Crippen LogP contribution is -2.01. The molecule has 0 atom stereocenters. The Hall–Kier alpha value is -1.91. The van der Waals surface area contributed by atoms with Crippen LogP contribution in [0.4, 0.5) is 0 Å². The maximum Gasteiger partial charge on any atom is 0.173 e. The Bertz CT molecular complexity index is 723. The van der Waals surface area contributed by atoms with Gasteiger partial charge in [0.05, 0.1) is 11.4 Å². The van der Waals surface area contributed by atoms with Gasteiger partial charge in [-0.05, 0) is 0 Å². The van der Waals surface area contributed by atoms with Crippen molar-refractivity contribution >= 4 is 28.9 Å². The standard InChI is InChI=1S/C17H13NOS2/c19-16(14-9-5-2-6-10-14)12-21-17-18-15(11-20-17)13-7-3-1-4-8-13/h1-11H,12H2. The van der Waals surface area contributed by atoms with Crippen molar-refractivity contribution in [3.63, 3.8) is 0 Å². The average molecular weight is 311 g/mol. The second-order valence-electron chi connectivity index (χ2n) is 4.44. The molecule has 0 unspecified atom stereocenters. The van der Waals surface area contributed by atoms with Crippen LogP contribution in [-0.4, -0.2) is 16.5 Å². The van der Waals surface area contributed by atoms with Crippen LogP contribution in [0.5, 0.6) is 0 Å². The van der Waals surface area contributed by atoms with Crippen LogP contribution in [0.25, 0.3) is 11.3 Å². The second kappa shape index (κ2) is 6.70. The van der Waals surface area contributed by atoms with Crippen molar-refractivity contribution in [1.82, 2.24) is 4.98 Å². The number of hydrogen-bond donors (Lipinski definition) is 0. The number of benzene rings is 2. The van der Waals surface area contributed by atoms with E-state index < -0.39 is 0 Å². The number of aromatic nitrogens is 1. The van der Waals surface area contributed by atoms with Gasteiger partial charge in [0.25, 0.3) is 0 Å². The third-order valence-corrected chi connectivity index (χ3v) is 5.00. The number of carbonyl (C=O) groups is 1. The van der Waals surface area contributed by atoms with E-state index in [1.165, 1.54) is 11.8 Å². The molecule has 0 aliphatic carbocycles. The zero-order chi connectivity index (χ0) is 14.5. The first-order chi connectivity index (χ1) is 10.3. The van der Waals surface area contributed by atoms with E-state index in [2.05, 4.69) is 4.98 Å². The first-order valence-corrected chi connectivity index (χ1v) is 8.41. The molecular formula is C17H13NOS2. The minimum absolute atomic E-state index is 0.136. The normalized spacial score (nSPS) is 10.5. The SMILES string of the molecule is O=C(CSc1nc(-c2ccccc2)cs1)c1ccccc1. The molecule has 0 spiro atoms. The van der Waals surface area contributed by atoms with Crippen molar-refractivity contribution < 1.29 is 4.79 Å². The highest BCUT2D eigenvalue weighted by Crippen LogP contribution is 2.28. The molecule has 1 heterocycles. The Morgan fingerprint density at radius 2 is 1.67 bits per heavy atom. The van der Waals surface area contributed by atoms with E-state index in [1.54, 1.807) is 11.3 Å². The summed E-state index contributed by atoms with van der Waals surface area (Å²) in [7, 11) is 0. The third-order valence-electron chi connectivity index (χ3n) is 2.98. The molecule has 0 saturated carbocycles. The lowest BCUT2D eigenvalue weighted by atomic mass is 10.2. The van der Waals surface area contributed by atoms with E-state index in [0.29, 0.717) is 5.75 Å². The molecule has 2 aromatic carbocycles. The fourth-order valence-electron chi connectivity index (χ4n) is 1.90. The van der Waals surface area contributed by atoms with E-state index in [0.717, 1.165) is 21.2 Å². The Kier molecular flexibility index (Phi) is 4.48. The molecule has 0 aliphatic heterocycles. The fraction of sp³-hybridized carbons (Fsp3) is 0.0588. The second-order valence-corrected chi connectivity index (χ2v) is 6.52. The lowest BCUT2D eigenvalue weighted by molar-refractivity contribution is 0.102. The summed E-state index contributed by atoms with van der Waals surface area (Å²) in [4.78, 5) is 16.6. The molecule has 3 rings (SSSR count). The van der Waals surface area contributed by atoms with Gasteiger partial charge in [-0.2, -0.15) is 0 Å². The number of thioether (sulfide) groups is 1. The Labute approximate surface area is 131 Å². The summed E-state index contributed by atoms with van der Waals surface area (Å²) in [5.74, 6) is 0.559. The van der Waals surface area contributed by atoms with Crippen LogP contribution >= 0.6 is 23.1 Å². The molecule has 0 N–H and O–H groups in total. The van der Waals surface area contributed by atoms with Gasteiger partial charge in [0.2, 0.25) is 0 Å². The number of rotatable bonds is 5. The highest BCUT2D eigenvalue weighted by atomic mass is 32.2. The van der Waals surface area contributed by atoms with Gasteiger partial charge < -0.3 is 0 Å². The highest BCUT2D eigenvalue weighted by molar-refractivity contribution is 8.01. The van der Waals surface area contributed by atoms with Gasteiger partial charge in [-0.15, -0.1) is 11.3 Å². The van der Waals surface area contributed by atoms with Crippen LogP contribution in [-0.2, 0) is 0 Å². The van der Waals surface area contributed by atoms with Gasteiger partial charge in [-0.1, -0.05) is 72.4 Å². The molecule has 2 nitrogen and oxygen atoms in total. The number of carbonyl (C=O) groups excluding carboxylic acids is 1. The molecule has 0 saturated heterocycles. The molecule has 0 aliphatic rings. The van der Waals surface area contributed by atoms with Crippen molar-refractivity contribution in [2.45, 2.75) is 4.34 Å². The monoisotopic (exact) mass is 311 g/mol. The minimum atomic E-state index is 0.136. The molecule has 0 amide bonds. The van der Waals surface area contributed by atoms with E-state index in [-0.39, 0.29) is 5.78 Å². The molecule has 0 radical (unpaired) electrons. The van der Waals surface area contributed by atoms with Gasteiger partial charge in [0.15, 0.2) is 10.1 Å². The number of ketones is 1. The smallest absolute Gasteiger partial charge is 0.173 e. The number of hydrogen-bond acceptors (Lipinski definition) is 4. The van der Waals surface area contributed by atoms with E-state index in [4.69, 9.17) is 0 Å².